The molecule has 0 unspecified atom stereocenters. The van der Waals surface area contributed by atoms with Crippen LogP contribution in [-0.4, -0.2) is 28.6 Å². The van der Waals surface area contributed by atoms with Crippen LogP contribution < -0.4 is 19.7 Å². The number of amides is 2. The summed E-state index contributed by atoms with van der Waals surface area (Å²) in [7, 11) is 3.50. The molecule has 174 valence electrons. The highest BCUT2D eigenvalue weighted by atomic mass is 32.1. The minimum absolute atomic E-state index is 0.0152. The van der Waals surface area contributed by atoms with Crippen LogP contribution in [0.25, 0.3) is 17.0 Å². The third kappa shape index (κ3) is 4.27. The first kappa shape index (κ1) is 22.4. The lowest BCUT2D eigenvalue weighted by atomic mass is 10.1. The number of hydrogen-bond acceptors (Lipinski definition) is 5. The van der Waals surface area contributed by atoms with Gasteiger partial charge in [-0.15, -0.1) is 0 Å². The summed E-state index contributed by atoms with van der Waals surface area (Å²) in [6.45, 7) is 0. The van der Waals surface area contributed by atoms with Crippen LogP contribution in [0.1, 0.15) is 5.56 Å². The van der Waals surface area contributed by atoms with Gasteiger partial charge in [-0.25, -0.2) is 0 Å². The quantitative estimate of drug-likeness (QED) is 0.251. The Labute approximate surface area is 207 Å². The Kier molecular flexibility index (Phi) is 5.80. The van der Waals surface area contributed by atoms with Gasteiger partial charge in [-0.2, -0.15) is 0 Å². The summed E-state index contributed by atoms with van der Waals surface area (Å²) in [5, 5.41) is 3.51. The van der Waals surface area contributed by atoms with Gasteiger partial charge in [0.25, 0.3) is 11.8 Å². The number of rotatable bonds is 5. The molecule has 0 aliphatic carbocycles. The Hall–Kier alpha value is -4.43. The predicted octanol–water partition coefficient (Wildman–Crippen LogP) is 4.81. The minimum atomic E-state index is -0.541. The van der Waals surface area contributed by atoms with Gasteiger partial charge in [0, 0.05) is 29.7 Å². The molecule has 5 rings (SSSR count). The number of ether oxygens (including phenoxy) is 2. The highest BCUT2D eigenvalue weighted by Gasteiger charge is 2.34. The van der Waals surface area contributed by atoms with Crippen molar-refractivity contribution in [1.82, 2.24) is 9.88 Å². The molecular weight excluding hydrogens is 462 g/mol. The van der Waals surface area contributed by atoms with Crippen molar-refractivity contribution in [2.45, 2.75) is 0 Å². The Morgan fingerprint density at radius 1 is 0.914 bits per heavy atom. The molecule has 2 amide bonds. The molecule has 1 N–H and O–H groups in total. The molecular formula is C27H21N3O4S. The molecule has 4 aromatic rings. The summed E-state index contributed by atoms with van der Waals surface area (Å²) < 4.78 is 13.1. The number of nitrogens with one attached hydrogen (secondary N) is 1. The van der Waals surface area contributed by atoms with Gasteiger partial charge in [-0.1, -0.05) is 18.2 Å². The van der Waals surface area contributed by atoms with E-state index in [1.165, 1.54) is 4.90 Å². The van der Waals surface area contributed by atoms with E-state index in [-0.39, 0.29) is 10.7 Å². The van der Waals surface area contributed by atoms with Crippen LogP contribution in [0.3, 0.4) is 0 Å². The van der Waals surface area contributed by atoms with Crippen LogP contribution in [0.2, 0.25) is 0 Å². The van der Waals surface area contributed by atoms with Crippen molar-refractivity contribution in [2.75, 3.05) is 12.0 Å². The van der Waals surface area contributed by atoms with Gasteiger partial charge in [-0.3, -0.25) is 19.8 Å². The number of carbonyl (C=O) groups is 2. The molecule has 3 aromatic carbocycles. The number of para-hydroxylation sites is 1. The average molecular weight is 484 g/mol. The SMILES string of the molecule is COc1ccc2c(c1)c(/C=C1/C(=O)NC(=S)N(c3ccc(Oc4ccccc4)cc3)C1=O)cn2C. The molecule has 1 aliphatic rings. The van der Waals surface area contributed by atoms with Crippen molar-refractivity contribution in [2.24, 2.45) is 7.05 Å². The van der Waals surface area contributed by atoms with Gasteiger partial charge in [0.2, 0.25) is 0 Å². The van der Waals surface area contributed by atoms with Crippen LogP contribution in [0.15, 0.2) is 84.6 Å². The zero-order valence-electron chi connectivity index (χ0n) is 19.0. The third-order valence-corrected chi connectivity index (χ3v) is 5.99. The van der Waals surface area contributed by atoms with Crippen LogP contribution in [-0.2, 0) is 16.6 Å². The van der Waals surface area contributed by atoms with Crippen molar-refractivity contribution in [3.63, 3.8) is 0 Å². The lowest BCUT2D eigenvalue weighted by Gasteiger charge is -2.29. The Morgan fingerprint density at radius 2 is 1.60 bits per heavy atom. The summed E-state index contributed by atoms with van der Waals surface area (Å²) in [6, 6.07) is 22.0. The lowest BCUT2D eigenvalue weighted by Crippen LogP contribution is -2.54. The number of nitrogens with zero attached hydrogens (tertiary/aromatic N) is 2. The average Bonchev–Trinajstić information content (AvgIpc) is 3.17. The molecule has 0 bridgehead atoms. The number of aromatic nitrogens is 1. The molecule has 35 heavy (non-hydrogen) atoms. The fourth-order valence-electron chi connectivity index (χ4n) is 3.98. The van der Waals surface area contributed by atoms with Crippen molar-refractivity contribution >= 4 is 51.8 Å². The summed E-state index contributed by atoms with van der Waals surface area (Å²) in [5.74, 6) is 0.952. The second-order valence-electron chi connectivity index (χ2n) is 7.95. The van der Waals surface area contributed by atoms with Gasteiger partial charge in [0.05, 0.1) is 12.8 Å². The van der Waals surface area contributed by atoms with Gasteiger partial charge >= 0.3 is 0 Å². The van der Waals surface area contributed by atoms with Crippen LogP contribution >= 0.6 is 12.2 Å². The number of hydrogen-bond donors (Lipinski definition) is 1. The molecule has 1 aromatic heterocycles. The van der Waals surface area contributed by atoms with Crippen molar-refractivity contribution in [3.05, 3.63) is 90.1 Å². The molecule has 0 spiro atoms. The van der Waals surface area contributed by atoms with E-state index in [1.54, 1.807) is 37.5 Å². The summed E-state index contributed by atoms with van der Waals surface area (Å²) >= 11 is 5.33. The van der Waals surface area contributed by atoms with Crippen molar-refractivity contribution < 1.29 is 19.1 Å². The van der Waals surface area contributed by atoms with E-state index in [0.717, 1.165) is 16.5 Å². The number of aryl methyl sites for hydroxylation is 1. The Balaban J connectivity index is 1.47. The monoisotopic (exact) mass is 483 g/mol. The van der Waals surface area contributed by atoms with Crippen LogP contribution in [0.4, 0.5) is 5.69 Å². The van der Waals surface area contributed by atoms with E-state index in [0.29, 0.717) is 22.9 Å². The zero-order valence-corrected chi connectivity index (χ0v) is 19.8. The van der Waals surface area contributed by atoms with Gasteiger partial charge in [0.15, 0.2) is 5.11 Å². The van der Waals surface area contributed by atoms with Crippen molar-refractivity contribution in [1.29, 1.82) is 0 Å². The molecule has 1 saturated heterocycles. The van der Waals surface area contributed by atoms with E-state index in [9.17, 15) is 9.59 Å². The Morgan fingerprint density at radius 3 is 2.31 bits per heavy atom. The standard InChI is InChI=1S/C27H21N3O4S/c1-29-16-17(22-15-21(33-2)12-13-24(22)29)14-23-25(31)28-27(35)30(26(23)32)18-8-10-20(11-9-18)34-19-6-4-3-5-7-19/h3-16H,1-2H3,(H,28,31,35)/b23-14-. The summed E-state index contributed by atoms with van der Waals surface area (Å²) in [5.41, 5.74) is 2.17. The number of anilines is 1. The van der Waals surface area contributed by atoms with E-state index in [4.69, 9.17) is 21.7 Å². The van der Waals surface area contributed by atoms with Crippen molar-refractivity contribution in [3.8, 4) is 17.2 Å². The first-order valence-electron chi connectivity index (χ1n) is 10.8. The normalized spacial score (nSPS) is 15.0. The lowest BCUT2D eigenvalue weighted by molar-refractivity contribution is -0.122. The number of carbonyl (C=O) groups excluding carboxylic acids is 2. The Bertz CT molecular complexity index is 1490. The number of benzene rings is 3. The number of fused-ring (bicyclic) bond motifs is 1. The number of methoxy groups -OCH3 is 1. The minimum Gasteiger partial charge on any atom is -0.497 e. The van der Waals surface area contributed by atoms with E-state index in [1.807, 2.05) is 66.3 Å². The second-order valence-corrected chi connectivity index (χ2v) is 8.33. The first-order chi connectivity index (χ1) is 16.9. The smallest absolute Gasteiger partial charge is 0.270 e. The fraction of sp³-hybridized carbons (Fsp3) is 0.0741. The summed E-state index contributed by atoms with van der Waals surface area (Å²) in [4.78, 5) is 27.5. The van der Waals surface area contributed by atoms with Crippen LogP contribution in [0.5, 0.6) is 17.2 Å². The van der Waals surface area contributed by atoms with E-state index in [2.05, 4.69) is 5.32 Å². The second kappa shape index (κ2) is 9.08. The maximum Gasteiger partial charge on any atom is 0.270 e. The fourth-order valence-corrected chi connectivity index (χ4v) is 4.26. The summed E-state index contributed by atoms with van der Waals surface area (Å²) in [6.07, 6.45) is 3.45. The van der Waals surface area contributed by atoms with Crippen LogP contribution in [0, 0.1) is 0 Å². The van der Waals surface area contributed by atoms with E-state index < -0.39 is 11.8 Å². The predicted molar refractivity (Wildman–Crippen MR) is 139 cm³/mol. The molecule has 0 radical (unpaired) electrons. The molecule has 2 heterocycles. The molecule has 7 nitrogen and oxygen atoms in total. The van der Waals surface area contributed by atoms with Gasteiger partial charge < -0.3 is 14.0 Å². The van der Waals surface area contributed by atoms with E-state index >= 15 is 0 Å². The maximum absolute atomic E-state index is 13.4. The molecule has 0 saturated carbocycles. The third-order valence-electron chi connectivity index (χ3n) is 5.70. The highest BCUT2D eigenvalue weighted by Crippen LogP contribution is 2.30. The van der Waals surface area contributed by atoms with Gasteiger partial charge in [-0.05, 0) is 72.9 Å². The molecule has 1 aliphatic heterocycles. The first-order valence-corrected chi connectivity index (χ1v) is 11.2. The zero-order chi connectivity index (χ0) is 24.5. The molecule has 8 heteroatoms. The topological polar surface area (TPSA) is 72.8 Å². The molecule has 1 fully saturated rings. The maximum atomic E-state index is 13.4. The highest BCUT2D eigenvalue weighted by molar-refractivity contribution is 7.80. The van der Waals surface area contributed by atoms with Gasteiger partial charge in [0.1, 0.15) is 22.8 Å². The molecule has 0 atom stereocenters. The largest absolute Gasteiger partial charge is 0.497 e. The number of thiocarbonyl (C=S) groups is 1.